The summed E-state index contributed by atoms with van der Waals surface area (Å²) in [7, 11) is -2.06. The Hall–Kier alpha value is -1.44. The molecule has 249 valence electrons. The van der Waals surface area contributed by atoms with Gasteiger partial charge in [0, 0.05) is 46.1 Å². The summed E-state index contributed by atoms with van der Waals surface area (Å²) >= 11 is 3.23. The standard InChI is InChI=1S/C14H11NO2S.C8H7N.C6H5ClO2S.C3H8.C2H5.HI3.V/c1-2-12-7-6-8-13(11-12)15-18(16,17)14-9-4-3-5-10-14;1-2-7-4-3-5-8(9)6-7;7-10(8,9)6-4-2-1-3-5-6;1-3-2;1-2;1-3-2;/h1,3-11,15H;1,3-6H,9H2;1-5H;3H2,1-2H3;1H2,2H3;3H;/q;;;;-1;;/i;;;;;3D;. The predicted molar refractivity (Wildman–Crippen MR) is 220 cm³/mol. The monoisotopic (exact) mass is 1060 g/mol. The first kappa shape index (κ1) is 46.7. The van der Waals surface area contributed by atoms with Gasteiger partial charge in [0.15, 0.2) is 0 Å². The minimum absolute atomic E-state index is 0. The summed E-state index contributed by atoms with van der Waals surface area (Å²) in [5, 5.41) is 0. The van der Waals surface area contributed by atoms with Crippen LogP contribution in [0.2, 0.25) is 0 Å². The Labute approximate surface area is 322 Å². The molecule has 0 amide bonds. The molecule has 0 saturated carbocycles. The van der Waals surface area contributed by atoms with E-state index < -0.39 is 32.1 Å². The second-order valence-corrected chi connectivity index (χ2v) is 28.4. The van der Waals surface area contributed by atoms with Crippen LogP contribution in [0.25, 0.3) is 0 Å². The molecule has 0 aliphatic carbocycles. The average Bonchev–Trinajstić information content (AvgIpc) is 3.03. The normalized spacial score (nSPS) is 9.76. The van der Waals surface area contributed by atoms with Gasteiger partial charge in [-0.3, -0.25) is 4.72 Å². The van der Waals surface area contributed by atoms with E-state index in [0.29, 0.717) is 16.9 Å². The molecule has 6 nitrogen and oxygen atoms in total. The molecule has 1 radical (unpaired) electrons. The van der Waals surface area contributed by atoms with Crippen LogP contribution < -0.4 is 10.5 Å². The van der Waals surface area contributed by atoms with Crippen LogP contribution in [-0.4, -0.2) is 17.4 Å². The summed E-state index contributed by atoms with van der Waals surface area (Å²) in [5.41, 5.74) is 8.06. The summed E-state index contributed by atoms with van der Waals surface area (Å²) in [6.07, 6.45) is 11.6. The van der Waals surface area contributed by atoms with E-state index >= 15 is 0 Å². The zero-order valence-corrected chi connectivity index (χ0v) is 35.7. The largest absolute Gasteiger partial charge is 0.346 e. The molecule has 4 rings (SSSR count). The summed E-state index contributed by atoms with van der Waals surface area (Å²) in [6, 6.07) is 30.0. The zero-order chi connectivity index (χ0) is 35.6. The maximum Gasteiger partial charge on any atom is 0 e. The smallest absolute Gasteiger partial charge is 0 e. The molecule has 13 heteroatoms. The van der Waals surface area contributed by atoms with Crippen LogP contribution in [0.4, 0.5) is 11.4 Å². The van der Waals surface area contributed by atoms with Gasteiger partial charge in [-0.05, 0) is 60.7 Å². The molecule has 4 aromatic rings. The molecule has 0 aliphatic rings. The quantitative estimate of drug-likeness (QED) is 0.0697. The molecule has 0 aliphatic heterocycles. The molecule has 0 fully saturated rings. The second-order valence-electron chi connectivity index (χ2n) is 7.93. The summed E-state index contributed by atoms with van der Waals surface area (Å²) in [4.78, 5) is 0.354. The molecule has 0 heterocycles. The van der Waals surface area contributed by atoms with E-state index in [1.165, 1.54) is 30.7 Å². The maximum atomic E-state index is 12.0. The molecule has 3 N–H and O–H groups in total. The Bertz CT molecular complexity index is 1700. The van der Waals surface area contributed by atoms with Gasteiger partial charge in [0.1, 0.15) is 0 Å². The molecule has 0 saturated heterocycles. The van der Waals surface area contributed by atoms with Crippen LogP contribution in [0.3, 0.4) is 0 Å². The SMILES string of the molecule is C#Cc1cccc(N)c1.C#Cc1cccc(NS(=O)(=O)c2ccccc2)c1.CCC.O=S(=O)(Cl)c1ccccc1.[2H]I(I)I.[CH2-]C.[V]. The summed E-state index contributed by atoms with van der Waals surface area (Å²) in [6.45, 7) is 9.25. The predicted octanol–water partition coefficient (Wildman–Crippen LogP) is 9.98. The van der Waals surface area contributed by atoms with Crippen molar-refractivity contribution in [2.24, 2.45) is 0 Å². The van der Waals surface area contributed by atoms with Crippen molar-refractivity contribution in [2.75, 3.05) is 10.5 Å². The van der Waals surface area contributed by atoms with Crippen LogP contribution in [0.5, 0.6) is 0 Å². The minimum Gasteiger partial charge on any atom is -0.346 e. The summed E-state index contributed by atoms with van der Waals surface area (Å²) in [5.74, 6) is 4.95. The fraction of sp³-hybridized carbons (Fsp3) is 0.121. The Balaban J connectivity index is -0.000000572. The number of sulfonamides is 1. The maximum absolute atomic E-state index is 12.0. The number of rotatable bonds is 4. The average molecular weight is 1060 g/mol. The first-order valence-electron chi connectivity index (χ1n) is 13.3. The van der Waals surface area contributed by atoms with Gasteiger partial charge in [0.05, 0.1) is 15.5 Å². The van der Waals surface area contributed by atoms with Crippen molar-refractivity contribution in [3.8, 4) is 24.7 Å². The molecule has 0 unspecified atom stereocenters. The van der Waals surface area contributed by atoms with Gasteiger partial charge in [-0.1, -0.05) is 80.6 Å². The van der Waals surface area contributed by atoms with Crippen LogP contribution in [0, 0.1) is 31.6 Å². The van der Waals surface area contributed by atoms with E-state index in [2.05, 4.69) is 74.6 Å². The first-order chi connectivity index (χ1) is 21.7. The molecule has 0 spiro atoms. The van der Waals surface area contributed by atoms with Gasteiger partial charge < -0.3 is 12.7 Å². The van der Waals surface area contributed by atoms with Crippen LogP contribution >= 0.6 is 61.0 Å². The van der Waals surface area contributed by atoms with Crippen LogP contribution in [-0.2, 0) is 37.6 Å². The Kier molecular flexibility index (Phi) is 30.1. The number of nitrogens with one attached hydrogen (secondary N) is 1. The second kappa shape index (κ2) is 29.7. The molecular weight excluding hydrogens is 1020 g/mol. The molecular formula is C33H37ClI3N2O4S2V-. The number of hydrogen-bond acceptors (Lipinski definition) is 5. The van der Waals surface area contributed by atoms with Gasteiger partial charge in [-0.15, -0.1) is 12.8 Å². The van der Waals surface area contributed by atoms with Crippen molar-refractivity contribution in [1.29, 1.82) is 0.594 Å². The van der Waals surface area contributed by atoms with E-state index in [4.69, 9.17) is 29.9 Å². The van der Waals surface area contributed by atoms with E-state index in [9.17, 15) is 16.8 Å². The van der Waals surface area contributed by atoms with Crippen molar-refractivity contribution in [1.82, 2.24) is 0 Å². The van der Waals surface area contributed by atoms with Crippen molar-refractivity contribution in [3.63, 3.8) is 0 Å². The van der Waals surface area contributed by atoms with E-state index in [1.54, 1.807) is 79.7 Å². The van der Waals surface area contributed by atoms with Crippen LogP contribution in [0.15, 0.2) is 119 Å². The minimum atomic E-state index is -3.56. The number of nitrogens with two attached hydrogens (primary N) is 1. The van der Waals surface area contributed by atoms with Gasteiger partial charge in [-0.2, -0.15) is 6.92 Å². The molecule has 0 atom stereocenters. The third kappa shape index (κ3) is 23.8. The Morgan fingerprint density at radius 3 is 1.54 bits per heavy atom. The fourth-order valence-electron chi connectivity index (χ4n) is 2.70. The Morgan fingerprint density at radius 1 is 0.804 bits per heavy atom. The number of halogens is 4. The van der Waals surface area contributed by atoms with Crippen molar-refractivity contribution < 1.29 is 35.4 Å². The van der Waals surface area contributed by atoms with E-state index in [1.807, 2.05) is 12.1 Å². The Morgan fingerprint density at radius 2 is 1.20 bits per heavy atom. The molecule has 46 heavy (non-hydrogen) atoms. The van der Waals surface area contributed by atoms with Gasteiger partial charge in [0.25, 0.3) is 19.1 Å². The van der Waals surface area contributed by atoms with E-state index in [-0.39, 0.29) is 28.3 Å². The van der Waals surface area contributed by atoms with E-state index in [0.717, 1.165) is 5.56 Å². The number of terminal acetylenes is 2. The third-order valence-electron chi connectivity index (χ3n) is 4.41. The fourth-order valence-corrected chi connectivity index (χ4v) is 4.56. The molecule has 0 bridgehead atoms. The third-order valence-corrected chi connectivity index (χ3v) is 7.18. The van der Waals surface area contributed by atoms with Crippen LogP contribution in [0.1, 0.15) is 38.3 Å². The number of benzene rings is 4. The molecule has 0 aromatic heterocycles. The summed E-state index contributed by atoms with van der Waals surface area (Å²) < 4.78 is 54.5. The number of nitrogen functional groups attached to an aromatic ring is 1. The topological polar surface area (TPSA) is 106 Å². The van der Waals surface area contributed by atoms with Crippen molar-refractivity contribution in [3.05, 3.63) is 127 Å². The van der Waals surface area contributed by atoms with Gasteiger partial charge in [0.2, 0.25) is 0 Å². The number of anilines is 2. The van der Waals surface area contributed by atoms with Crippen molar-refractivity contribution >= 4 is 91.4 Å². The van der Waals surface area contributed by atoms with Gasteiger partial charge in [-0.25, -0.2) is 16.8 Å². The zero-order valence-electron chi connectivity index (χ0n) is 26.4. The van der Waals surface area contributed by atoms with Gasteiger partial charge >= 0.3 is 50.9 Å². The number of hydrogen-bond donors (Lipinski definition) is 2. The van der Waals surface area contributed by atoms with Crippen molar-refractivity contribution in [2.45, 2.75) is 37.0 Å². The first-order valence-corrected chi connectivity index (χ1v) is 29.3. The molecule has 4 aromatic carbocycles.